The molecule has 4 atom stereocenters. The van der Waals surface area contributed by atoms with Gasteiger partial charge in [0.1, 0.15) is 0 Å². The van der Waals surface area contributed by atoms with Crippen molar-refractivity contribution in [1.82, 2.24) is 20.4 Å². The van der Waals surface area contributed by atoms with Crippen LogP contribution in [-0.4, -0.2) is 73.1 Å². The smallest absolute Gasteiger partial charge is 0.236 e. The molecule has 0 aromatic carbocycles. The number of hydrogen-bond donors (Lipinski definition) is 2. The average Bonchev–Trinajstić information content (AvgIpc) is 3.05. The molecule has 0 bridgehead atoms. The average molecular weight is 264 g/mol. The molecule has 19 heavy (non-hydrogen) atoms. The van der Waals surface area contributed by atoms with E-state index >= 15 is 0 Å². The number of carbonyl (C=O) groups excluding carboxylic acids is 1. The molecule has 4 unspecified atom stereocenters. The number of amides is 1. The fraction of sp³-hybridized carbons (Fsp3) is 0.929. The first kappa shape index (κ1) is 12.1. The summed E-state index contributed by atoms with van der Waals surface area (Å²) < 4.78 is 0. The van der Waals surface area contributed by atoms with Gasteiger partial charge in [-0.05, 0) is 31.7 Å². The summed E-state index contributed by atoms with van der Waals surface area (Å²) in [5.41, 5.74) is 0. The first-order valence-corrected chi connectivity index (χ1v) is 7.79. The molecule has 4 heterocycles. The van der Waals surface area contributed by atoms with Gasteiger partial charge in [-0.25, -0.2) is 0 Å². The van der Waals surface area contributed by atoms with Gasteiger partial charge in [0.15, 0.2) is 0 Å². The van der Waals surface area contributed by atoms with E-state index in [0.29, 0.717) is 30.5 Å². The third-order valence-electron chi connectivity index (χ3n) is 5.55. The van der Waals surface area contributed by atoms with Crippen molar-refractivity contribution in [3.8, 4) is 0 Å². The van der Waals surface area contributed by atoms with Crippen LogP contribution in [0.4, 0.5) is 0 Å². The molecule has 4 aliphatic heterocycles. The van der Waals surface area contributed by atoms with E-state index in [9.17, 15) is 4.79 Å². The fourth-order valence-electron chi connectivity index (χ4n) is 4.64. The van der Waals surface area contributed by atoms with E-state index in [2.05, 4.69) is 20.4 Å². The molecule has 4 rings (SSSR count). The molecule has 4 aliphatic rings. The van der Waals surface area contributed by atoms with Crippen LogP contribution in [0.3, 0.4) is 0 Å². The zero-order chi connectivity index (χ0) is 12.8. The van der Waals surface area contributed by atoms with E-state index in [1.807, 2.05) is 0 Å². The molecular weight excluding hydrogens is 240 g/mol. The molecule has 2 N–H and O–H groups in total. The number of piperazine rings is 2. The van der Waals surface area contributed by atoms with Gasteiger partial charge < -0.3 is 15.5 Å². The van der Waals surface area contributed by atoms with Crippen molar-refractivity contribution in [1.29, 1.82) is 0 Å². The highest BCUT2D eigenvalue weighted by Crippen LogP contribution is 2.33. The summed E-state index contributed by atoms with van der Waals surface area (Å²) in [7, 11) is 0. The van der Waals surface area contributed by atoms with Gasteiger partial charge in [-0.3, -0.25) is 9.69 Å². The van der Waals surface area contributed by atoms with Crippen LogP contribution >= 0.6 is 0 Å². The summed E-state index contributed by atoms with van der Waals surface area (Å²) in [6, 6.07) is 1.86. The molecule has 4 saturated heterocycles. The first-order chi connectivity index (χ1) is 9.33. The molecule has 0 aromatic rings. The zero-order valence-electron chi connectivity index (χ0n) is 11.5. The Morgan fingerprint density at radius 3 is 2.89 bits per heavy atom. The lowest BCUT2D eigenvalue weighted by Crippen LogP contribution is -2.57. The van der Waals surface area contributed by atoms with Crippen LogP contribution in [0.25, 0.3) is 0 Å². The summed E-state index contributed by atoms with van der Waals surface area (Å²) in [5.74, 6) is 0.975. The topological polar surface area (TPSA) is 47.6 Å². The van der Waals surface area contributed by atoms with Gasteiger partial charge in [0.25, 0.3) is 0 Å². The second-order valence-electron chi connectivity index (χ2n) is 6.59. The van der Waals surface area contributed by atoms with Crippen molar-refractivity contribution in [3.63, 3.8) is 0 Å². The minimum absolute atomic E-state index is 0.306. The lowest BCUT2D eigenvalue weighted by molar-refractivity contribution is -0.133. The minimum atomic E-state index is 0.306. The molecule has 5 nitrogen and oxygen atoms in total. The van der Waals surface area contributed by atoms with E-state index in [1.165, 1.54) is 25.8 Å². The Morgan fingerprint density at radius 1 is 1.11 bits per heavy atom. The van der Waals surface area contributed by atoms with Gasteiger partial charge in [-0.1, -0.05) is 0 Å². The molecule has 106 valence electrons. The van der Waals surface area contributed by atoms with E-state index in [-0.39, 0.29) is 0 Å². The number of hydrogen-bond acceptors (Lipinski definition) is 4. The van der Waals surface area contributed by atoms with Crippen LogP contribution in [0.5, 0.6) is 0 Å². The van der Waals surface area contributed by atoms with Gasteiger partial charge in [-0.15, -0.1) is 0 Å². The van der Waals surface area contributed by atoms with E-state index in [0.717, 1.165) is 32.2 Å². The number of fused-ring (bicyclic) bond motifs is 2. The van der Waals surface area contributed by atoms with Gasteiger partial charge in [-0.2, -0.15) is 0 Å². The van der Waals surface area contributed by atoms with Gasteiger partial charge >= 0.3 is 0 Å². The Hall–Kier alpha value is -0.650. The van der Waals surface area contributed by atoms with Crippen molar-refractivity contribution >= 4 is 5.91 Å². The van der Waals surface area contributed by atoms with E-state index < -0.39 is 0 Å². The molecule has 5 heteroatoms. The maximum atomic E-state index is 12.0. The lowest BCUT2D eigenvalue weighted by Gasteiger charge is -2.41. The summed E-state index contributed by atoms with van der Waals surface area (Å²) in [6.07, 6.45) is 3.89. The number of nitrogens with one attached hydrogen (secondary N) is 2. The van der Waals surface area contributed by atoms with E-state index in [4.69, 9.17) is 0 Å². The maximum absolute atomic E-state index is 12.0. The van der Waals surface area contributed by atoms with Crippen LogP contribution in [0.1, 0.15) is 19.3 Å². The SMILES string of the molecule is O=C1CNCC2CC(C3CNCC4CCCN43)CN12. The summed E-state index contributed by atoms with van der Waals surface area (Å²) >= 11 is 0. The minimum Gasteiger partial charge on any atom is -0.337 e. The van der Waals surface area contributed by atoms with Crippen molar-refractivity contribution < 1.29 is 4.79 Å². The molecule has 0 aliphatic carbocycles. The largest absolute Gasteiger partial charge is 0.337 e. The summed E-state index contributed by atoms with van der Waals surface area (Å²) in [4.78, 5) is 16.8. The Bertz CT molecular complexity index is 374. The Morgan fingerprint density at radius 2 is 2.00 bits per heavy atom. The van der Waals surface area contributed by atoms with Crippen LogP contribution in [-0.2, 0) is 4.79 Å². The Balaban J connectivity index is 1.49. The Labute approximate surface area is 114 Å². The summed E-state index contributed by atoms with van der Waals surface area (Å²) in [6.45, 7) is 6.07. The van der Waals surface area contributed by atoms with Gasteiger partial charge in [0, 0.05) is 44.3 Å². The highest BCUT2D eigenvalue weighted by atomic mass is 16.2. The van der Waals surface area contributed by atoms with Gasteiger partial charge in [0.05, 0.1) is 6.54 Å². The standard InChI is InChI=1S/C14H24N4O/c19-14-8-16-6-12-4-10(9-18(12)14)13-7-15-5-11-2-1-3-17(11)13/h10-13,15-16H,1-9H2. The Kier molecular flexibility index (Phi) is 3.01. The monoisotopic (exact) mass is 264 g/mol. The summed E-state index contributed by atoms with van der Waals surface area (Å²) in [5, 5.41) is 6.87. The molecule has 0 aromatic heterocycles. The third-order valence-corrected chi connectivity index (χ3v) is 5.55. The quantitative estimate of drug-likeness (QED) is 0.654. The molecule has 1 amide bonds. The molecule has 0 saturated carbocycles. The van der Waals surface area contributed by atoms with Crippen LogP contribution in [0, 0.1) is 5.92 Å². The van der Waals surface area contributed by atoms with Crippen LogP contribution in [0.15, 0.2) is 0 Å². The highest BCUT2D eigenvalue weighted by Gasteiger charge is 2.44. The highest BCUT2D eigenvalue weighted by molar-refractivity contribution is 5.79. The predicted octanol–water partition coefficient (Wildman–Crippen LogP) is -0.757. The van der Waals surface area contributed by atoms with Crippen molar-refractivity contribution in [2.75, 3.05) is 39.3 Å². The number of rotatable bonds is 1. The zero-order valence-corrected chi connectivity index (χ0v) is 11.5. The number of carbonyl (C=O) groups is 1. The lowest BCUT2D eigenvalue weighted by atomic mass is 9.93. The predicted molar refractivity (Wildman–Crippen MR) is 72.9 cm³/mol. The van der Waals surface area contributed by atoms with Crippen molar-refractivity contribution in [2.24, 2.45) is 5.92 Å². The van der Waals surface area contributed by atoms with Crippen molar-refractivity contribution in [2.45, 2.75) is 37.4 Å². The van der Waals surface area contributed by atoms with Gasteiger partial charge in [0.2, 0.25) is 5.91 Å². The second kappa shape index (κ2) is 4.72. The first-order valence-electron chi connectivity index (χ1n) is 7.79. The maximum Gasteiger partial charge on any atom is 0.236 e. The number of nitrogens with zero attached hydrogens (tertiary/aromatic N) is 2. The van der Waals surface area contributed by atoms with E-state index in [1.54, 1.807) is 0 Å². The second-order valence-corrected chi connectivity index (χ2v) is 6.59. The van der Waals surface area contributed by atoms with Crippen LogP contribution in [0.2, 0.25) is 0 Å². The molecular formula is C14H24N4O. The molecule has 0 radical (unpaired) electrons. The van der Waals surface area contributed by atoms with Crippen LogP contribution < -0.4 is 10.6 Å². The fourth-order valence-corrected chi connectivity index (χ4v) is 4.64. The normalized spacial score (nSPS) is 43.4. The third kappa shape index (κ3) is 1.99. The molecule has 4 fully saturated rings. The molecule has 0 spiro atoms. The van der Waals surface area contributed by atoms with Crippen molar-refractivity contribution in [3.05, 3.63) is 0 Å².